The number of esters is 2. The molecule has 146 valence electrons. The van der Waals surface area contributed by atoms with Gasteiger partial charge in [0.05, 0.1) is 5.92 Å². The SMILES string of the molecule is CCCCCC[C@@H]1[CH][CH]OC(=O)[C@@H](NC(=O)c2ccccc2)[C@@H](C)OC1=O. The molecule has 27 heavy (non-hydrogen) atoms. The van der Waals surface area contributed by atoms with E-state index in [9.17, 15) is 14.4 Å². The van der Waals surface area contributed by atoms with Gasteiger partial charge in [0.15, 0.2) is 6.04 Å². The highest BCUT2D eigenvalue weighted by molar-refractivity contribution is 5.97. The topological polar surface area (TPSA) is 81.7 Å². The van der Waals surface area contributed by atoms with E-state index >= 15 is 0 Å². The van der Waals surface area contributed by atoms with Crippen LogP contribution in [0.4, 0.5) is 0 Å². The first kappa shape index (κ1) is 20.9. The second kappa shape index (κ2) is 10.7. The van der Waals surface area contributed by atoms with Crippen molar-refractivity contribution in [3.8, 4) is 0 Å². The molecule has 2 radical (unpaired) electrons. The number of rotatable bonds is 7. The van der Waals surface area contributed by atoms with Crippen molar-refractivity contribution >= 4 is 17.8 Å². The average molecular weight is 373 g/mol. The molecule has 1 fully saturated rings. The zero-order chi connectivity index (χ0) is 19.6. The van der Waals surface area contributed by atoms with Crippen molar-refractivity contribution in [1.29, 1.82) is 0 Å². The molecule has 1 aromatic carbocycles. The first-order valence-electron chi connectivity index (χ1n) is 9.46. The van der Waals surface area contributed by atoms with Crippen molar-refractivity contribution < 1.29 is 23.9 Å². The van der Waals surface area contributed by atoms with Gasteiger partial charge in [0, 0.05) is 12.0 Å². The number of hydrogen-bond acceptors (Lipinski definition) is 5. The molecule has 0 aliphatic carbocycles. The zero-order valence-corrected chi connectivity index (χ0v) is 15.9. The summed E-state index contributed by atoms with van der Waals surface area (Å²) in [6.45, 7) is 4.93. The van der Waals surface area contributed by atoms with E-state index in [0.717, 1.165) is 25.7 Å². The van der Waals surface area contributed by atoms with Gasteiger partial charge in [0.25, 0.3) is 5.91 Å². The summed E-state index contributed by atoms with van der Waals surface area (Å²) in [5, 5.41) is 2.60. The Morgan fingerprint density at radius 2 is 1.81 bits per heavy atom. The van der Waals surface area contributed by atoms with E-state index in [4.69, 9.17) is 9.47 Å². The van der Waals surface area contributed by atoms with Crippen LogP contribution in [-0.2, 0) is 19.1 Å². The lowest BCUT2D eigenvalue weighted by atomic mass is 9.98. The normalized spacial score (nSPS) is 23.4. The maximum atomic E-state index is 12.4. The van der Waals surface area contributed by atoms with E-state index < -0.39 is 35.9 Å². The number of benzene rings is 1. The highest BCUT2D eigenvalue weighted by Crippen LogP contribution is 2.21. The Hall–Kier alpha value is -2.37. The summed E-state index contributed by atoms with van der Waals surface area (Å²) in [7, 11) is 0. The van der Waals surface area contributed by atoms with Gasteiger partial charge < -0.3 is 14.8 Å². The maximum Gasteiger partial charge on any atom is 0.332 e. The van der Waals surface area contributed by atoms with Crippen LogP contribution < -0.4 is 5.32 Å². The second-order valence-electron chi connectivity index (χ2n) is 6.68. The molecule has 1 amide bonds. The van der Waals surface area contributed by atoms with Gasteiger partial charge in [0.1, 0.15) is 12.7 Å². The predicted octanol–water partition coefficient (Wildman–Crippen LogP) is 3.23. The smallest absolute Gasteiger partial charge is 0.332 e. The molecule has 6 nitrogen and oxygen atoms in total. The Bertz CT molecular complexity index is 631. The van der Waals surface area contributed by atoms with Crippen molar-refractivity contribution in [3.63, 3.8) is 0 Å². The molecule has 0 aromatic heterocycles. The lowest BCUT2D eigenvalue weighted by Crippen LogP contribution is -2.49. The standard InChI is InChI=1S/C21H27NO5/c1-3-4-5-7-12-17-13-14-26-21(25)18(15(2)27-20(17)24)22-19(23)16-10-8-6-9-11-16/h6,8-11,13-15,17-18H,3-5,7,12H2,1-2H3,(H,22,23)/t15-,17-,18+/m1/s1. The Morgan fingerprint density at radius 3 is 2.52 bits per heavy atom. The average Bonchev–Trinajstić information content (AvgIpc) is 2.71. The first-order valence-corrected chi connectivity index (χ1v) is 9.46. The number of carbonyl (C=O) groups excluding carboxylic acids is 3. The van der Waals surface area contributed by atoms with Crippen LogP contribution in [-0.4, -0.2) is 30.0 Å². The molecule has 6 heteroatoms. The summed E-state index contributed by atoms with van der Waals surface area (Å²) in [6.07, 6.45) is 5.53. The molecule has 1 saturated heterocycles. The summed E-state index contributed by atoms with van der Waals surface area (Å²) >= 11 is 0. The molecule has 0 bridgehead atoms. The minimum absolute atomic E-state index is 0.410. The maximum absolute atomic E-state index is 12.4. The molecule has 1 aliphatic rings. The zero-order valence-electron chi connectivity index (χ0n) is 15.9. The molecular weight excluding hydrogens is 346 g/mol. The Labute approximate surface area is 160 Å². The number of amides is 1. The lowest BCUT2D eigenvalue weighted by molar-refractivity contribution is -0.156. The van der Waals surface area contributed by atoms with Gasteiger partial charge in [-0.25, -0.2) is 4.79 Å². The number of unbranched alkanes of at least 4 members (excludes halogenated alkanes) is 3. The number of ether oxygens (including phenoxy) is 2. The minimum atomic E-state index is -1.08. The first-order chi connectivity index (χ1) is 13.0. The van der Waals surface area contributed by atoms with Crippen molar-refractivity contribution in [1.82, 2.24) is 5.32 Å². The summed E-state index contributed by atoms with van der Waals surface area (Å²) in [5.41, 5.74) is 0.410. The van der Waals surface area contributed by atoms with Gasteiger partial charge in [-0.15, -0.1) is 0 Å². The molecule has 2 rings (SSSR count). The molecule has 1 N–H and O–H groups in total. The largest absolute Gasteiger partial charge is 0.460 e. The molecular formula is C21H27NO5. The van der Waals surface area contributed by atoms with Gasteiger partial charge in [-0.3, -0.25) is 9.59 Å². The minimum Gasteiger partial charge on any atom is -0.460 e. The van der Waals surface area contributed by atoms with Crippen molar-refractivity contribution in [2.75, 3.05) is 0 Å². The fourth-order valence-electron chi connectivity index (χ4n) is 2.88. The molecule has 3 atom stereocenters. The van der Waals surface area contributed by atoms with E-state index in [1.807, 2.05) is 0 Å². The highest BCUT2D eigenvalue weighted by atomic mass is 16.6. The summed E-state index contributed by atoms with van der Waals surface area (Å²) in [4.78, 5) is 37.1. The summed E-state index contributed by atoms with van der Waals surface area (Å²) < 4.78 is 10.6. The van der Waals surface area contributed by atoms with Crippen LogP contribution in [0.25, 0.3) is 0 Å². The molecule has 1 aliphatic heterocycles. The fraction of sp³-hybridized carbons (Fsp3) is 0.476. The second-order valence-corrected chi connectivity index (χ2v) is 6.68. The van der Waals surface area contributed by atoms with Crippen LogP contribution >= 0.6 is 0 Å². The van der Waals surface area contributed by atoms with Crippen molar-refractivity contribution in [2.24, 2.45) is 5.92 Å². The van der Waals surface area contributed by atoms with E-state index in [0.29, 0.717) is 12.0 Å². The molecule has 0 spiro atoms. The van der Waals surface area contributed by atoms with Crippen LogP contribution in [0.1, 0.15) is 56.3 Å². The highest BCUT2D eigenvalue weighted by Gasteiger charge is 2.35. The van der Waals surface area contributed by atoms with Crippen molar-refractivity contribution in [2.45, 2.75) is 58.1 Å². The predicted molar refractivity (Wildman–Crippen MR) is 100 cm³/mol. The van der Waals surface area contributed by atoms with Crippen LogP contribution in [0.5, 0.6) is 0 Å². The Balaban J connectivity index is 2.00. The Morgan fingerprint density at radius 1 is 1.07 bits per heavy atom. The van der Waals surface area contributed by atoms with E-state index in [-0.39, 0.29) is 0 Å². The van der Waals surface area contributed by atoms with Crippen LogP contribution in [0.15, 0.2) is 30.3 Å². The third kappa shape index (κ3) is 6.38. The van der Waals surface area contributed by atoms with Gasteiger partial charge >= 0.3 is 11.9 Å². The van der Waals surface area contributed by atoms with Gasteiger partial charge in [-0.1, -0.05) is 50.8 Å². The van der Waals surface area contributed by atoms with Crippen molar-refractivity contribution in [3.05, 3.63) is 48.9 Å². The van der Waals surface area contributed by atoms with E-state index in [2.05, 4.69) is 12.2 Å². The fourth-order valence-corrected chi connectivity index (χ4v) is 2.88. The molecule has 0 unspecified atom stereocenters. The molecule has 0 saturated carbocycles. The number of carbonyl (C=O) groups is 3. The number of hydrogen-bond donors (Lipinski definition) is 1. The monoisotopic (exact) mass is 373 g/mol. The summed E-state index contributed by atoms with van der Waals surface area (Å²) in [6, 6.07) is 7.45. The lowest BCUT2D eigenvalue weighted by Gasteiger charge is -2.23. The van der Waals surface area contributed by atoms with Crippen LogP contribution in [0.3, 0.4) is 0 Å². The van der Waals surface area contributed by atoms with Crippen LogP contribution in [0.2, 0.25) is 0 Å². The summed E-state index contributed by atoms with van der Waals surface area (Å²) in [5.74, 6) is -1.96. The third-order valence-corrected chi connectivity index (χ3v) is 4.51. The number of cyclic esters (lactones) is 2. The third-order valence-electron chi connectivity index (χ3n) is 4.51. The molecule has 1 aromatic rings. The van der Waals surface area contributed by atoms with Gasteiger partial charge in [0.2, 0.25) is 0 Å². The number of nitrogens with one attached hydrogen (secondary N) is 1. The quantitative estimate of drug-likeness (QED) is 0.586. The van der Waals surface area contributed by atoms with Gasteiger partial charge in [-0.05, 0) is 25.5 Å². The Kier molecular flexibility index (Phi) is 8.30. The molecule has 1 heterocycles. The van der Waals surface area contributed by atoms with E-state index in [1.54, 1.807) is 43.7 Å². The van der Waals surface area contributed by atoms with Gasteiger partial charge in [-0.2, -0.15) is 0 Å². The van der Waals surface area contributed by atoms with E-state index in [1.165, 1.54) is 6.61 Å². The van der Waals surface area contributed by atoms with Crippen LogP contribution in [0, 0.1) is 18.9 Å².